The first-order valence-corrected chi connectivity index (χ1v) is 9.87. The molecule has 0 fully saturated rings. The van der Waals surface area contributed by atoms with Crippen molar-refractivity contribution >= 4 is 5.78 Å². The van der Waals surface area contributed by atoms with E-state index in [2.05, 4.69) is 15.5 Å². The lowest BCUT2D eigenvalue weighted by Crippen LogP contribution is -1.99. The second kappa shape index (κ2) is 9.89. The largest absolute Gasteiger partial charge is 0.289 e. The standard InChI is InChI=1S/C13H10N4.C13H10O/c1-3-7-11(8-4-1)13-14-15-16-17(13)12-9-5-2-6-10-12;14-13(11-7-3-1-4-8-11)12-9-5-2-6-10-12/h1-10H;1-10H. The highest BCUT2D eigenvalue weighted by molar-refractivity contribution is 6.08. The molecule has 0 spiro atoms. The molecule has 5 aromatic rings. The van der Waals surface area contributed by atoms with Crippen LogP contribution < -0.4 is 0 Å². The van der Waals surface area contributed by atoms with E-state index in [1.54, 1.807) is 4.68 Å². The molecule has 1 heterocycles. The zero-order valence-corrected chi connectivity index (χ0v) is 16.7. The predicted molar refractivity (Wildman–Crippen MR) is 121 cm³/mol. The second-order valence-electron chi connectivity index (χ2n) is 6.68. The van der Waals surface area contributed by atoms with Crippen LogP contribution in [0.1, 0.15) is 15.9 Å². The van der Waals surface area contributed by atoms with Crippen LogP contribution in [0, 0.1) is 0 Å². The number of ketones is 1. The highest BCUT2D eigenvalue weighted by atomic mass is 16.1. The van der Waals surface area contributed by atoms with Crippen LogP contribution in [0.15, 0.2) is 121 Å². The summed E-state index contributed by atoms with van der Waals surface area (Å²) in [6.45, 7) is 0. The molecule has 0 amide bonds. The first kappa shape index (κ1) is 19.9. The van der Waals surface area contributed by atoms with Crippen molar-refractivity contribution in [3.05, 3.63) is 132 Å². The summed E-state index contributed by atoms with van der Waals surface area (Å²) in [5.74, 6) is 0.822. The minimum atomic E-state index is 0.0752. The van der Waals surface area contributed by atoms with Crippen molar-refractivity contribution in [3.63, 3.8) is 0 Å². The van der Waals surface area contributed by atoms with E-state index in [0.717, 1.165) is 28.2 Å². The summed E-state index contributed by atoms with van der Waals surface area (Å²) in [6.07, 6.45) is 0. The van der Waals surface area contributed by atoms with Gasteiger partial charge in [0.1, 0.15) is 0 Å². The maximum atomic E-state index is 11.8. The number of tetrazole rings is 1. The normalized spacial score (nSPS) is 10.1. The number of hydrogen-bond acceptors (Lipinski definition) is 4. The first-order valence-electron chi connectivity index (χ1n) is 9.87. The van der Waals surface area contributed by atoms with Gasteiger partial charge in [0, 0.05) is 16.7 Å². The molecular formula is C26H20N4O. The maximum Gasteiger partial charge on any atom is 0.193 e. The van der Waals surface area contributed by atoms with E-state index in [1.165, 1.54) is 0 Å². The number of nitrogens with zero attached hydrogens (tertiary/aromatic N) is 4. The van der Waals surface area contributed by atoms with E-state index in [-0.39, 0.29) is 5.78 Å². The number of benzene rings is 4. The third-order valence-corrected chi connectivity index (χ3v) is 4.57. The molecule has 31 heavy (non-hydrogen) atoms. The monoisotopic (exact) mass is 404 g/mol. The molecule has 5 nitrogen and oxygen atoms in total. The molecule has 0 N–H and O–H groups in total. The molecule has 0 aliphatic rings. The number of carbonyl (C=O) groups is 1. The summed E-state index contributed by atoms with van der Waals surface area (Å²) in [7, 11) is 0. The fraction of sp³-hybridized carbons (Fsp3) is 0. The zero-order chi connectivity index (χ0) is 21.3. The molecule has 5 heteroatoms. The van der Waals surface area contributed by atoms with Crippen molar-refractivity contribution in [2.24, 2.45) is 0 Å². The smallest absolute Gasteiger partial charge is 0.193 e. The molecule has 0 atom stereocenters. The van der Waals surface area contributed by atoms with Crippen LogP contribution in [0.3, 0.4) is 0 Å². The van der Waals surface area contributed by atoms with Crippen LogP contribution in [-0.2, 0) is 0 Å². The van der Waals surface area contributed by atoms with Crippen LogP contribution in [0.25, 0.3) is 17.1 Å². The number of para-hydroxylation sites is 1. The van der Waals surface area contributed by atoms with E-state index in [1.807, 2.05) is 121 Å². The molecule has 0 aliphatic heterocycles. The lowest BCUT2D eigenvalue weighted by atomic mass is 10.0. The fourth-order valence-corrected chi connectivity index (χ4v) is 3.04. The van der Waals surface area contributed by atoms with Gasteiger partial charge in [0.25, 0.3) is 0 Å². The van der Waals surface area contributed by atoms with Crippen LogP contribution in [0.4, 0.5) is 0 Å². The molecule has 0 bridgehead atoms. The summed E-state index contributed by atoms with van der Waals surface area (Å²) in [5, 5.41) is 11.8. The van der Waals surface area contributed by atoms with Crippen molar-refractivity contribution in [1.29, 1.82) is 0 Å². The minimum absolute atomic E-state index is 0.0752. The third-order valence-electron chi connectivity index (χ3n) is 4.57. The molecule has 150 valence electrons. The summed E-state index contributed by atoms with van der Waals surface area (Å²) in [6, 6.07) is 38.4. The minimum Gasteiger partial charge on any atom is -0.289 e. The highest BCUT2D eigenvalue weighted by Gasteiger charge is 2.09. The van der Waals surface area contributed by atoms with Gasteiger partial charge in [0.15, 0.2) is 11.6 Å². The Hall–Kier alpha value is -4.38. The molecular weight excluding hydrogens is 384 g/mol. The molecule has 0 radical (unpaired) electrons. The van der Waals surface area contributed by atoms with Crippen molar-refractivity contribution in [1.82, 2.24) is 20.2 Å². The number of rotatable bonds is 4. The SMILES string of the molecule is O=C(c1ccccc1)c1ccccc1.c1ccc(-c2nnnn2-c2ccccc2)cc1. The number of carbonyl (C=O) groups excluding carboxylic acids is 1. The third kappa shape index (κ3) is 4.97. The summed E-state index contributed by atoms with van der Waals surface area (Å²) >= 11 is 0. The van der Waals surface area contributed by atoms with Crippen LogP contribution in [0.2, 0.25) is 0 Å². The van der Waals surface area contributed by atoms with Crippen LogP contribution in [0.5, 0.6) is 0 Å². The Morgan fingerprint density at radius 1 is 0.581 bits per heavy atom. The van der Waals surface area contributed by atoms with Gasteiger partial charge in [0.2, 0.25) is 0 Å². The van der Waals surface area contributed by atoms with E-state index >= 15 is 0 Å². The van der Waals surface area contributed by atoms with Gasteiger partial charge in [-0.1, -0.05) is 109 Å². The van der Waals surface area contributed by atoms with Gasteiger partial charge < -0.3 is 0 Å². The molecule has 0 unspecified atom stereocenters. The average Bonchev–Trinajstić information content (AvgIpc) is 3.36. The van der Waals surface area contributed by atoms with Gasteiger partial charge >= 0.3 is 0 Å². The Balaban J connectivity index is 0.000000152. The highest BCUT2D eigenvalue weighted by Crippen LogP contribution is 2.18. The van der Waals surface area contributed by atoms with E-state index in [9.17, 15) is 4.79 Å². The average molecular weight is 404 g/mol. The second-order valence-corrected chi connectivity index (χ2v) is 6.68. The quantitative estimate of drug-likeness (QED) is 0.384. The van der Waals surface area contributed by atoms with Crippen molar-refractivity contribution in [3.8, 4) is 17.1 Å². The zero-order valence-electron chi connectivity index (χ0n) is 16.7. The number of hydrogen-bond donors (Lipinski definition) is 0. The molecule has 4 aromatic carbocycles. The molecule has 0 saturated carbocycles. The van der Waals surface area contributed by atoms with E-state index < -0.39 is 0 Å². The van der Waals surface area contributed by atoms with Crippen LogP contribution in [-0.4, -0.2) is 26.0 Å². The molecule has 1 aromatic heterocycles. The van der Waals surface area contributed by atoms with E-state index in [0.29, 0.717) is 0 Å². The molecule has 0 saturated heterocycles. The Labute approximate surface area is 180 Å². The summed E-state index contributed by atoms with van der Waals surface area (Å²) < 4.78 is 1.73. The van der Waals surface area contributed by atoms with Gasteiger partial charge in [0.05, 0.1) is 5.69 Å². The maximum absolute atomic E-state index is 11.8. The Kier molecular flexibility index (Phi) is 6.36. The van der Waals surface area contributed by atoms with Gasteiger partial charge in [-0.05, 0) is 22.6 Å². The summed E-state index contributed by atoms with van der Waals surface area (Å²) in [5.41, 5.74) is 3.43. The van der Waals surface area contributed by atoms with Gasteiger partial charge in [-0.25, -0.2) is 0 Å². The van der Waals surface area contributed by atoms with Crippen molar-refractivity contribution in [2.75, 3.05) is 0 Å². The summed E-state index contributed by atoms with van der Waals surface area (Å²) in [4.78, 5) is 11.8. The molecule has 0 aliphatic carbocycles. The van der Waals surface area contributed by atoms with E-state index in [4.69, 9.17) is 0 Å². The van der Waals surface area contributed by atoms with Gasteiger partial charge in [-0.2, -0.15) is 4.68 Å². The lowest BCUT2D eigenvalue weighted by Gasteiger charge is -2.03. The van der Waals surface area contributed by atoms with Crippen LogP contribution >= 0.6 is 0 Å². The van der Waals surface area contributed by atoms with Crippen molar-refractivity contribution < 1.29 is 4.79 Å². The predicted octanol–water partition coefficient (Wildman–Crippen LogP) is 5.25. The first-order chi connectivity index (χ1) is 15.3. The van der Waals surface area contributed by atoms with Gasteiger partial charge in [-0.15, -0.1) is 5.10 Å². The Morgan fingerprint density at radius 2 is 1.03 bits per heavy atom. The Morgan fingerprint density at radius 3 is 1.55 bits per heavy atom. The topological polar surface area (TPSA) is 60.7 Å². The fourth-order valence-electron chi connectivity index (χ4n) is 3.04. The lowest BCUT2D eigenvalue weighted by molar-refractivity contribution is 0.103. The molecule has 5 rings (SSSR count). The number of aromatic nitrogens is 4. The van der Waals surface area contributed by atoms with Crippen molar-refractivity contribution in [2.45, 2.75) is 0 Å². The Bertz CT molecular complexity index is 1130. The van der Waals surface area contributed by atoms with Gasteiger partial charge in [-0.3, -0.25) is 4.79 Å².